The van der Waals surface area contributed by atoms with Crippen LogP contribution in [0.2, 0.25) is 0 Å². The van der Waals surface area contributed by atoms with E-state index in [4.69, 9.17) is 0 Å². The topological polar surface area (TPSA) is 64.2 Å². The highest BCUT2D eigenvalue weighted by Gasteiger charge is 2.17. The molecule has 6 heteroatoms. The highest BCUT2D eigenvalue weighted by atomic mass is 32.1. The first-order chi connectivity index (χ1) is 16.6. The van der Waals surface area contributed by atoms with E-state index in [0.29, 0.717) is 34.6 Å². The smallest absolute Gasteiger partial charge is 0.332 e. The Morgan fingerprint density at radius 1 is 0.735 bits per heavy atom. The van der Waals surface area contributed by atoms with Crippen LogP contribution in [0, 0.1) is 0 Å². The number of fused-ring (bicyclic) bond motifs is 1. The molecule has 3 aromatic carbocycles. The van der Waals surface area contributed by atoms with E-state index < -0.39 is 0 Å². The first kappa shape index (κ1) is 22.1. The average Bonchev–Trinajstić information content (AvgIpc) is 3.33. The molecule has 0 spiro atoms. The van der Waals surface area contributed by atoms with Gasteiger partial charge >= 0.3 is 5.69 Å². The molecule has 0 amide bonds. The van der Waals surface area contributed by atoms with Gasteiger partial charge in [0.2, 0.25) is 0 Å². The maximum Gasteiger partial charge on any atom is 0.332 e. The number of aliphatic hydroxyl groups is 1. The fourth-order valence-electron chi connectivity index (χ4n) is 4.17. The number of hydrogen-bond donors (Lipinski definition) is 1. The van der Waals surface area contributed by atoms with Crippen molar-refractivity contribution in [1.29, 1.82) is 0 Å². The zero-order valence-corrected chi connectivity index (χ0v) is 19.4. The Labute approximate surface area is 200 Å². The van der Waals surface area contributed by atoms with Crippen molar-refractivity contribution < 1.29 is 5.11 Å². The molecule has 0 unspecified atom stereocenters. The third-order valence-electron chi connectivity index (χ3n) is 5.97. The Kier molecular flexibility index (Phi) is 6.25. The summed E-state index contributed by atoms with van der Waals surface area (Å²) in [6.45, 7) is 0.485. The maximum absolute atomic E-state index is 13.5. The minimum atomic E-state index is -0.327. The van der Waals surface area contributed by atoms with Crippen LogP contribution in [0.5, 0.6) is 0 Å². The molecule has 5 rings (SSSR count). The molecule has 0 aliphatic rings. The maximum atomic E-state index is 13.5. The first-order valence-electron chi connectivity index (χ1n) is 11.2. The van der Waals surface area contributed by atoms with Gasteiger partial charge in [0.05, 0.1) is 18.5 Å². The summed E-state index contributed by atoms with van der Waals surface area (Å²) in [5.41, 5.74) is 3.64. The molecule has 5 aromatic rings. The van der Waals surface area contributed by atoms with E-state index in [1.807, 2.05) is 72.8 Å². The number of nitrogens with zero attached hydrogens (tertiary/aromatic N) is 2. The molecule has 0 fully saturated rings. The Hall–Kier alpha value is -3.74. The second-order valence-electron chi connectivity index (χ2n) is 8.21. The minimum Gasteiger partial charge on any atom is -0.391 e. The van der Waals surface area contributed by atoms with Gasteiger partial charge in [0.1, 0.15) is 4.83 Å². The number of aryl methyl sites for hydroxylation is 1. The van der Waals surface area contributed by atoms with E-state index in [1.165, 1.54) is 15.9 Å². The molecule has 2 heterocycles. The highest BCUT2D eigenvalue weighted by Crippen LogP contribution is 2.24. The fraction of sp³-hybridized carbons (Fsp3) is 0.143. The van der Waals surface area contributed by atoms with Gasteiger partial charge in [0, 0.05) is 11.4 Å². The van der Waals surface area contributed by atoms with Crippen LogP contribution >= 0.6 is 11.3 Å². The third-order valence-corrected chi connectivity index (χ3v) is 7.11. The van der Waals surface area contributed by atoms with Crippen molar-refractivity contribution in [3.8, 4) is 11.1 Å². The first-order valence-corrected chi connectivity index (χ1v) is 12.0. The summed E-state index contributed by atoms with van der Waals surface area (Å²) in [6, 6.07) is 29.8. The van der Waals surface area contributed by atoms with Gasteiger partial charge in [-0.2, -0.15) is 0 Å². The van der Waals surface area contributed by atoms with Crippen molar-refractivity contribution in [2.75, 3.05) is 0 Å². The molecule has 2 aromatic heterocycles. The van der Waals surface area contributed by atoms with Crippen LogP contribution in [-0.2, 0) is 26.1 Å². The number of aliphatic hydroxyl groups excluding tert-OH is 1. The number of rotatable bonds is 7. The van der Waals surface area contributed by atoms with Gasteiger partial charge in [-0.05, 0) is 34.7 Å². The van der Waals surface area contributed by atoms with Gasteiger partial charge in [-0.3, -0.25) is 13.9 Å². The van der Waals surface area contributed by atoms with Gasteiger partial charge in [-0.15, -0.1) is 11.3 Å². The van der Waals surface area contributed by atoms with Gasteiger partial charge in [0.25, 0.3) is 5.56 Å². The number of thiophene rings is 1. The standard InChI is InChI=1S/C28H24N2O3S/c31-19-24-17-25-26(32)29(16-15-20-7-3-1-4-8-20)28(33)30(27(25)34-24)18-21-11-13-23(14-12-21)22-9-5-2-6-10-22/h1-14,17,31H,15-16,18-19H2. The van der Waals surface area contributed by atoms with Gasteiger partial charge in [0.15, 0.2) is 0 Å². The Morgan fingerprint density at radius 2 is 1.38 bits per heavy atom. The lowest BCUT2D eigenvalue weighted by Gasteiger charge is -2.13. The summed E-state index contributed by atoms with van der Waals surface area (Å²) in [5.74, 6) is 0. The van der Waals surface area contributed by atoms with E-state index in [-0.39, 0.29) is 17.9 Å². The van der Waals surface area contributed by atoms with E-state index in [9.17, 15) is 14.7 Å². The van der Waals surface area contributed by atoms with Crippen molar-refractivity contribution in [3.63, 3.8) is 0 Å². The monoisotopic (exact) mass is 468 g/mol. The number of hydrogen-bond acceptors (Lipinski definition) is 4. The fourth-order valence-corrected chi connectivity index (χ4v) is 5.16. The molecular formula is C28H24N2O3S. The van der Waals surface area contributed by atoms with Crippen molar-refractivity contribution in [2.24, 2.45) is 0 Å². The average molecular weight is 469 g/mol. The molecule has 0 aliphatic heterocycles. The van der Waals surface area contributed by atoms with Crippen molar-refractivity contribution >= 4 is 21.6 Å². The number of aromatic nitrogens is 2. The predicted molar refractivity (Wildman–Crippen MR) is 137 cm³/mol. The minimum absolute atomic E-state index is 0.164. The van der Waals surface area contributed by atoms with E-state index in [2.05, 4.69) is 12.1 Å². The predicted octanol–water partition coefficient (Wildman–Crippen LogP) is 4.68. The summed E-state index contributed by atoms with van der Waals surface area (Å²) in [4.78, 5) is 27.9. The normalized spacial score (nSPS) is 11.2. The molecule has 0 aliphatic carbocycles. The SMILES string of the molecule is O=c1c2cc(CO)sc2n(Cc2ccc(-c3ccccc3)cc2)c(=O)n1CCc1ccccc1. The second kappa shape index (κ2) is 9.63. The molecule has 170 valence electrons. The molecule has 0 saturated heterocycles. The lowest BCUT2D eigenvalue weighted by molar-refractivity contribution is 0.285. The quantitative estimate of drug-likeness (QED) is 0.377. The van der Waals surface area contributed by atoms with E-state index >= 15 is 0 Å². The summed E-state index contributed by atoms with van der Waals surface area (Å²) in [7, 11) is 0. The lowest BCUT2D eigenvalue weighted by Crippen LogP contribution is -2.40. The lowest BCUT2D eigenvalue weighted by atomic mass is 10.0. The molecule has 0 radical (unpaired) electrons. The molecule has 5 nitrogen and oxygen atoms in total. The molecule has 0 saturated carbocycles. The van der Waals surface area contributed by atoms with Crippen molar-refractivity contribution in [2.45, 2.75) is 26.1 Å². The van der Waals surface area contributed by atoms with Gasteiger partial charge < -0.3 is 5.11 Å². The van der Waals surface area contributed by atoms with Crippen LogP contribution in [0.4, 0.5) is 0 Å². The largest absolute Gasteiger partial charge is 0.391 e. The Balaban J connectivity index is 1.53. The van der Waals surface area contributed by atoms with Crippen LogP contribution in [-0.4, -0.2) is 14.2 Å². The Bertz CT molecular complexity index is 1530. The highest BCUT2D eigenvalue weighted by molar-refractivity contribution is 7.18. The molecule has 34 heavy (non-hydrogen) atoms. The summed E-state index contributed by atoms with van der Waals surface area (Å²) in [5, 5.41) is 10.1. The van der Waals surface area contributed by atoms with Gasteiger partial charge in [-0.25, -0.2) is 4.79 Å². The zero-order valence-electron chi connectivity index (χ0n) is 18.6. The summed E-state index contributed by atoms with van der Waals surface area (Å²) < 4.78 is 2.98. The third kappa shape index (κ3) is 4.38. The van der Waals surface area contributed by atoms with Gasteiger partial charge in [-0.1, -0.05) is 84.9 Å². The van der Waals surface area contributed by atoms with Crippen LogP contribution in [0.25, 0.3) is 21.3 Å². The zero-order chi connectivity index (χ0) is 23.5. The molecule has 0 atom stereocenters. The van der Waals surface area contributed by atoms with Crippen molar-refractivity contribution in [1.82, 2.24) is 9.13 Å². The molecule has 1 N–H and O–H groups in total. The summed E-state index contributed by atoms with van der Waals surface area (Å²) >= 11 is 1.29. The van der Waals surface area contributed by atoms with Crippen LogP contribution in [0.3, 0.4) is 0 Å². The Morgan fingerprint density at radius 3 is 2.06 bits per heavy atom. The van der Waals surface area contributed by atoms with Crippen LogP contribution in [0.1, 0.15) is 16.0 Å². The van der Waals surface area contributed by atoms with Crippen LogP contribution in [0.15, 0.2) is 101 Å². The molecule has 0 bridgehead atoms. The summed E-state index contributed by atoms with van der Waals surface area (Å²) in [6.07, 6.45) is 0.588. The molecular weight excluding hydrogens is 444 g/mol. The van der Waals surface area contributed by atoms with E-state index in [1.54, 1.807) is 10.6 Å². The van der Waals surface area contributed by atoms with E-state index in [0.717, 1.165) is 22.3 Å². The van der Waals surface area contributed by atoms with Crippen LogP contribution < -0.4 is 11.2 Å². The second-order valence-corrected chi connectivity index (χ2v) is 9.33. The van der Waals surface area contributed by atoms with Crippen molar-refractivity contribution in [3.05, 3.63) is 128 Å². The number of benzene rings is 3.